The van der Waals surface area contributed by atoms with Crippen molar-refractivity contribution in [2.24, 2.45) is 0 Å². The molecule has 0 bridgehead atoms. The number of nitrogens with one attached hydrogen (secondary N) is 2. The lowest BCUT2D eigenvalue weighted by Crippen LogP contribution is -2.28. The molecule has 0 saturated heterocycles. The van der Waals surface area contributed by atoms with E-state index in [2.05, 4.69) is 15.0 Å². The first-order valence-corrected chi connectivity index (χ1v) is 10.1. The number of aromatic nitrogens is 1. The van der Waals surface area contributed by atoms with Gasteiger partial charge in [0.1, 0.15) is 0 Å². The number of para-hydroxylation sites is 1. The van der Waals surface area contributed by atoms with Crippen molar-refractivity contribution in [1.29, 1.82) is 0 Å². The number of hydrogen-bond acceptors (Lipinski definition) is 4. The van der Waals surface area contributed by atoms with E-state index in [4.69, 9.17) is 0 Å². The molecule has 27 heavy (non-hydrogen) atoms. The first-order chi connectivity index (χ1) is 12.9. The summed E-state index contributed by atoms with van der Waals surface area (Å²) in [5.41, 5.74) is 2.83. The van der Waals surface area contributed by atoms with Crippen molar-refractivity contribution >= 4 is 32.5 Å². The molecule has 3 aromatic rings. The number of benzene rings is 2. The number of nitrogens with zero attached hydrogens (tertiary/aromatic N) is 1. The first-order valence-electron chi connectivity index (χ1n) is 8.57. The van der Waals surface area contributed by atoms with E-state index in [1.54, 1.807) is 31.3 Å². The molecule has 6 nitrogen and oxygen atoms in total. The van der Waals surface area contributed by atoms with Gasteiger partial charge in [-0.25, -0.2) is 13.1 Å². The van der Waals surface area contributed by atoms with E-state index >= 15 is 0 Å². The van der Waals surface area contributed by atoms with Gasteiger partial charge in [0.15, 0.2) is 0 Å². The summed E-state index contributed by atoms with van der Waals surface area (Å²) in [6, 6.07) is 14.5. The second kappa shape index (κ2) is 7.85. The van der Waals surface area contributed by atoms with Gasteiger partial charge < -0.3 is 5.32 Å². The standard InChI is InChI=1S/C20H21N3O3S/c1-14-8-9-15(2)18(13-14)27(25,26)22-12-10-19(24)23-17-7-3-5-16-6-4-11-21-20(16)17/h3-9,11,13,22H,10,12H2,1-2H3,(H,23,24). The smallest absolute Gasteiger partial charge is 0.240 e. The van der Waals surface area contributed by atoms with Crippen molar-refractivity contribution in [2.75, 3.05) is 11.9 Å². The Labute approximate surface area is 158 Å². The lowest BCUT2D eigenvalue weighted by Gasteiger charge is -2.11. The summed E-state index contributed by atoms with van der Waals surface area (Å²) in [5.74, 6) is -0.281. The van der Waals surface area contributed by atoms with Crippen molar-refractivity contribution < 1.29 is 13.2 Å². The molecule has 1 aromatic heterocycles. The summed E-state index contributed by atoms with van der Waals surface area (Å²) in [4.78, 5) is 16.7. The van der Waals surface area contributed by atoms with Gasteiger partial charge in [-0.3, -0.25) is 9.78 Å². The molecule has 2 aromatic carbocycles. The molecule has 0 aliphatic heterocycles. The van der Waals surface area contributed by atoms with Crippen molar-refractivity contribution in [3.05, 3.63) is 65.9 Å². The van der Waals surface area contributed by atoms with Crippen LogP contribution in [0.1, 0.15) is 17.5 Å². The second-order valence-electron chi connectivity index (χ2n) is 6.35. The van der Waals surface area contributed by atoms with Crippen molar-refractivity contribution in [3.8, 4) is 0 Å². The molecule has 0 atom stereocenters. The number of hydrogen-bond donors (Lipinski definition) is 2. The third-order valence-corrected chi connectivity index (χ3v) is 5.79. The van der Waals surface area contributed by atoms with Gasteiger partial charge in [0.25, 0.3) is 0 Å². The highest BCUT2D eigenvalue weighted by molar-refractivity contribution is 7.89. The summed E-state index contributed by atoms with van der Waals surface area (Å²) in [7, 11) is -3.66. The molecule has 0 unspecified atom stereocenters. The van der Waals surface area contributed by atoms with Gasteiger partial charge in [-0.2, -0.15) is 0 Å². The van der Waals surface area contributed by atoms with Crippen LogP contribution >= 0.6 is 0 Å². The maximum absolute atomic E-state index is 12.5. The van der Waals surface area contributed by atoms with Crippen LogP contribution in [0.5, 0.6) is 0 Å². The zero-order valence-corrected chi connectivity index (χ0v) is 16.0. The fourth-order valence-corrected chi connectivity index (χ4v) is 4.15. The molecule has 0 fully saturated rings. The minimum Gasteiger partial charge on any atom is -0.324 e. The summed E-state index contributed by atoms with van der Waals surface area (Å²) in [6.45, 7) is 3.60. The van der Waals surface area contributed by atoms with Crippen LogP contribution in [0, 0.1) is 13.8 Å². The minimum absolute atomic E-state index is 0.0136. The molecule has 0 aliphatic rings. The highest BCUT2D eigenvalue weighted by Gasteiger charge is 2.17. The van der Waals surface area contributed by atoms with E-state index in [0.29, 0.717) is 16.8 Å². The predicted molar refractivity (Wildman–Crippen MR) is 106 cm³/mol. The van der Waals surface area contributed by atoms with Crippen LogP contribution in [0.4, 0.5) is 5.69 Å². The first kappa shape index (κ1) is 19.0. The quantitative estimate of drug-likeness (QED) is 0.684. The van der Waals surface area contributed by atoms with Crippen LogP contribution in [0.25, 0.3) is 10.9 Å². The average molecular weight is 383 g/mol. The summed E-state index contributed by atoms with van der Waals surface area (Å²) >= 11 is 0. The van der Waals surface area contributed by atoms with Gasteiger partial charge in [-0.1, -0.05) is 30.3 Å². The predicted octanol–water partition coefficient (Wildman–Crippen LogP) is 3.16. The Morgan fingerprint density at radius 3 is 2.67 bits per heavy atom. The Bertz CT molecular complexity index is 1090. The van der Waals surface area contributed by atoms with E-state index in [1.807, 2.05) is 37.3 Å². The average Bonchev–Trinajstić information content (AvgIpc) is 2.64. The molecule has 0 saturated carbocycles. The highest BCUT2D eigenvalue weighted by atomic mass is 32.2. The normalized spacial score (nSPS) is 11.5. The lowest BCUT2D eigenvalue weighted by molar-refractivity contribution is -0.116. The number of rotatable bonds is 6. The third-order valence-electron chi connectivity index (χ3n) is 4.18. The second-order valence-corrected chi connectivity index (χ2v) is 8.08. The van der Waals surface area contributed by atoms with E-state index in [0.717, 1.165) is 10.9 Å². The van der Waals surface area contributed by atoms with Gasteiger partial charge in [-0.05, 0) is 43.2 Å². The third kappa shape index (κ3) is 4.50. The van der Waals surface area contributed by atoms with Crippen molar-refractivity contribution in [1.82, 2.24) is 9.71 Å². The SMILES string of the molecule is Cc1ccc(C)c(S(=O)(=O)NCCC(=O)Nc2cccc3cccnc23)c1. The van der Waals surface area contributed by atoms with Gasteiger partial charge in [0, 0.05) is 24.5 Å². The number of aryl methyl sites for hydroxylation is 2. The number of carbonyl (C=O) groups is 1. The molecular weight excluding hydrogens is 362 g/mol. The van der Waals surface area contributed by atoms with E-state index in [9.17, 15) is 13.2 Å². The number of fused-ring (bicyclic) bond motifs is 1. The summed E-state index contributed by atoms with van der Waals surface area (Å²) in [6.07, 6.45) is 1.68. The topological polar surface area (TPSA) is 88.2 Å². The zero-order valence-electron chi connectivity index (χ0n) is 15.2. The van der Waals surface area contributed by atoms with Gasteiger partial charge in [-0.15, -0.1) is 0 Å². The van der Waals surface area contributed by atoms with E-state index in [1.165, 1.54) is 0 Å². The van der Waals surface area contributed by atoms with Crippen LogP contribution in [0.3, 0.4) is 0 Å². The largest absolute Gasteiger partial charge is 0.324 e. The Kier molecular flexibility index (Phi) is 5.53. The molecule has 0 spiro atoms. The fourth-order valence-electron chi connectivity index (χ4n) is 2.79. The van der Waals surface area contributed by atoms with Crippen LogP contribution in [0.2, 0.25) is 0 Å². The molecule has 7 heteroatoms. The number of pyridine rings is 1. The van der Waals surface area contributed by atoms with Gasteiger partial charge in [0.05, 0.1) is 16.1 Å². The fraction of sp³-hybridized carbons (Fsp3) is 0.200. The molecule has 0 aliphatic carbocycles. The Balaban J connectivity index is 1.63. The molecule has 2 N–H and O–H groups in total. The number of amides is 1. The highest BCUT2D eigenvalue weighted by Crippen LogP contribution is 2.21. The van der Waals surface area contributed by atoms with Gasteiger partial charge in [0.2, 0.25) is 15.9 Å². The van der Waals surface area contributed by atoms with Crippen molar-refractivity contribution in [3.63, 3.8) is 0 Å². The summed E-state index contributed by atoms with van der Waals surface area (Å²) in [5, 5.41) is 3.72. The monoisotopic (exact) mass is 383 g/mol. The van der Waals surface area contributed by atoms with Crippen LogP contribution < -0.4 is 10.0 Å². The maximum atomic E-state index is 12.5. The summed E-state index contributed by atoms with van der Waals surface area (Å²) < 4.78 is 27.4. The zero-order chi connectivity index (χ0) is 19.4. The van der Waals surface area contributed by atoms with E-state index < -0.39 is 10.0 Å². The van der Waals surface area contributed by atoms with Crippen LogP contribution in [-0.4, -0.2) is 25.9 Å². The Morgan fingerprint density at radius 1 is 1.07 bits per heavy atom. The Morgan fingerprint density at radius 2 is 1.85 bits per heavy atom. The number of sulfonamides is 1. The molecular formula is C20H21N3O3S. The van der Waals surface area contributed by atoms with Crippen LogP contribution in [-0.2, 0) is 14.8 Å². The molecule has 1 heterocycles. The molecule has 3 rings (SSSR count). The number of carbonyl (C=O) groups excluding carboxylic acids is 1. The maximum Gasteiger partial charge on any atom is 0.240 e. The van der Waals surface area contributed by atoms with Crippen molar-refractivity contribution in [2.45, 2.75) is 25.2 Å². The number of anilines is 1. The molecule has 1 amide bonds. The van der Waals surface area contributed by atoms with E-state index in [-0.39, 0.29) is 23.8 Å². The van der Waals surface area contributed by atoms with Gasteiger partial charge >= 0.3 is 0 Å². The Hall–Kier alpha value is -2.77. The van der Waals surface area contributed by atoms with Crippen LogP contribution in [0.15, 0.2) is 59.6 Å². The molecule has 0 radical (unpaired) electrons. The minimum atomic E-state index is -3.66. The molecule has 140 valence electrons. The lowest BCUT2D eigenvalue weighted by atomic mass is 10.2.